The zero-order chi connectivity index (χ0) is 24.6. The van der Waals surface area contributed by atoms with Gasteiger partial charge in [0, 0.05) is 29.2 Å². The third-order valence-corrected chi connectivity index (χ3v) is 7.41. The fourth-order valence-electron chi connectivity index (χ4n) is 5.44. The molecular weight excluding hydrogens is 462 g/mol. The van der Waals surface area contributed by atoms with E-state index in [2.05, 4.69) is 88.2 Å². The van der Waals surface area contributed by atoms with Crippen molar-refractivity contribution in [3.63, 3.8) is 0 Å². The van der Waals surface area contributed by atoms with Crippen LogP contribution in [0.15, 0.2) is 97.3 Å². The second-order valence-corrected chi connectivity index (χ2v) is 9.62. The van der Waals surface area contributed by atoms with Gasteiger partial charge >= 0.3 is 0 Å². The minimum absolute atomic E-state index is 0.0238. The van der Waals surface area contributed by atoms with Crippen molar-refractivity contribution in [3.05, 3.63) is 126 Å². The smallest absolute Gasteiger partial charge is 0.170 e. The van der Waals surface area contributed by atoms with Crippen LogP contribution in [0.5, 0.6) is 0 Å². The summed E-state index contributed by atoms with van der Waals surface area (Å²) in [6, 6.07) is 29.3. The molecule has 6 heteroatoms. The molecule has 1 aliphatic heterocycles. The van der Waals surface area contributed by atoms with Gasteiger partial charge in [-0.05, 0) is 73.4 Å². The SMILES string of the molecule is Cc1cc([C@@H]2[C@H](c3ccccn3)NC(=S)N2Cc2ccccn2)c(C)n1-c1cccc2ccccc12. The van der Waals surface area contributed by atoms with E-state index >= 15 is 0 Å². The van der Waals surface area contributed by atoms with Crippen molar-refractivity contribution >= 4 is 28.1 Å². The number of hydrogen-bond acceptors (Lipinski definition) is 3. The van der Waals surface area contributed by atoms with E-state index in [4.69, 9.17) is 17.2 Å². The molecule has 0 amide bonds. The molecule has 0 unspecified atom stereocenters. The Hall–Kier alpha value is -4.03. The molecule has 6 rings (SSSR count). The Kier molecular flexibility index (Phi) is 5.74. The number of hydrogen-bond donors (Lipinski definition) is 1. The number of benzene rings is 2. The molecule has 1 N–H and O–H groups in total. The van der Waals surface area contributed by atoms with Crippen LogP contribution in [0, 0.1) is 13.8 Å². The first kappa shape index (κ1) is 22.4. The summed E-state index contributed by atoms with van der Waals surface area (Å²) in [5, 5.41) is 6.76. The zero-order valence-electron chi connectivity index (χ0n) is 20.3. The normalized spacial score (nSPS) is 17.5. The van der Waals surface area contributed by atoms with Gasteiger partial charge in [-0.2, -0.15) is 0 Å². The Labute approximate surface area is 216 Å². The van der Waals surface area contributed by atoms with E-state index in [0.29, 0.717) is 6.54 Å². The molecule has 0 saturated carbocycles. The monoisotopic (exact) mass is 489 g/mol. The van der Waals surface area contributed by atoms with Crippen LogP contribution in [0.1, 0.15) is 40.4 Å². The quantitative estimate of drug-likeness (QED) is 0.297. The van der Waals surface area contributed by atoms with Crippen LogP contribution in [0.2, 0.25) is 0 Å². The largest absolute Gasteiger partial charge is 0.352 e. The third kappa shape index (κ3) is 3.84. The first-order chi connectivity index (χ1) is 17.6. The molecule has 0 aliphatic carbocycles. The standard InChI is InChI=1S/C30H27N5S/c1-20-18-25(21(2)35(20)27-15-9-11-22-10-3-4-13-24(22)27)29-28(26-14-6-8-17-32-26)33-30(36)34(29)19-23-12-5-7-16-31-23/h3-18,28-29H,19H2,1-2H3,(H,33,36)/t28-,29+/m0/s1. The molecule has 1 saturated heterocycles. The van der Waals surface area contributed by atoms with Gasteiger partial charge in [0.25, 0.3) is 0 Å². The van der Waals surface area contributed by atoms with Crippen LogP contribution in [0.25, 0.3) is 16.5 Å². The first-order valence-corrected chi connectivity index (χ1v) is 12.6. The van der Waals surface area contributed by atoms with Crippen molar-refractivity contribution in [1.29, 1.82) is 0 Å². The minimum Gasteiger partial charge on any atom is -0.352 e. The highest BCUT2D eigenvalue weighted by molar-refractivity contribution is 7.80. The fraction of sp³-hybridized carbons (Fsp3) is 0.167. The molecule has 36 heavy (non-hydrogen) atoms. The van der Waals surface area contributed by atoms with Crippen molar-refractivity contribution in [2.45, 2.75) is 32.5 Å². The molecule has 5 aromatic rings. The maximum absolute atomic E-state index is 5.89. The Morgan fingerprint density at radius 3 is 2.39 bits per heavy atom. The Balaban J connectivity index is 1.50. The number of fused-ring (bicyclic) bond motifs is 1. The first-order valence-electron chi connectivity index (χ1n) is 12.2. The van der Waals surface area contributed by atoms with E-state index in [1.54, 1.807) is 0 Å². The van der Waals surface area contributed by atoms with E-state index < -0.39 is 0 Å². The third-order valence-electron chi connectivity index (χ3n) is 7.05. The van der Waals surface area contributed by atoms with E-state index in [-0.39, 0.29) is 12.1 Å². The van der Waals surface area contributed by atoms with Crippen LogP contribution in [-0.4, -0.2) is 24.5 Å². The minimum atomic E-state index is -0.0659. The maximum atomic E-state index is 5.89. The highest BCUT2D eigenvalue weighted by atomic mass is 32.1. The van der Waals surface area contributed by atoms with Crippen LogP contribution in [0.3, 0.4) is 0 Å². The summed E-state index contributed by atoms with van der Waals surface area (Å²) in [4.78, 5) is 11.5. The molecule has 4 heterocycles. The van der Waals surface area contributed by atoms with E-state index in [0.717, 1.165) is 16.5 Å². The fourth-order valence-corrected chi connectivity index (χ4v) is 5.75. The van der Waals surface area contributed by atoms with Gasteiger partial charge in [-0.15, -0.1) is 0 Å². The number of rotatable bonds is 5. The Bertz CT molecular complexity index is 1540. The van der Waals surface area contributed by atoms with Crippen molar-refractivity contribution in [3.8, 4) is 5.69 Å². The van der Waals surface area contributed by atoms with Gasteiger partial charge in [-0.3, -0.25) is 9.97 Å². The number of aromatic nitrogens is 3. The van der Waals surface area contributed by atoms with Gasteiger partial charge in [0.05, 0.1) is 35.7 Å². The molecule has 3 aromatic heterocycles. The van der Waals surface area contributed by atoms with Crippen LogP contribution < -0.4 is 5.32 Å². The summed E-state index contributed by atoms with van der Waals surface area (Å²) in [6.45, 7) is 5.01. The van der Waals surface area contributed by atoms with Crippen LogP contribution >= 0.6 is 12.2 Å². The van der Waals surface area contributed by atoms with Gasteiger partial charge in [0.15, 0.2) is 5.11 Å². The molecule has 0 radical (unpaired) electrons. The van der Waals surface area contributed by atoms with Crippen molar-refractivity contribution in [1.82, 2.24) is 24.8 Å². The molecule has 0 bridgehead atoms. The average molecular weight is 490 g/mol. The predicted molar refractivity (Wildman–Crippen MR) is 148 cm³/mol. The lowest BCUT2D eigenvalue weighted by Crippen LogP contribution is -2.29. The van der Waals surface area contributed by atoms with Gasteiger partial charge in [-0.1, -0.05) is 48.5 Å². The van der Waals surface area contributed by atoms with Gasteiger partial charge in [0.2, 0.25) is 0 Å². The summed E-state index contributed by atoms with van der Waals surface area (Å²) < 4.78 is 2.37. The van der Waals surface area contributed by atoms with E-state index in [1.807, 2.05) is 42.7 Å². The molecule has 1 aliphatic rings. The summed E-state index contributed by atoms with van der Waals surface area (Å²) in [5.41, 5.74) is 6.77. The molecule has 2 aromatic carbocycles. The maximum Gasteiger partial charge on any atom is 0.170 e. The van der Waals surface area contributed by atoms with Gasteiger partial charge in [-0.25, -0.2) is 0 Å². The van der Waals surface area contributed by atoms with Crippen molar-refractivity contribution < 1.29 is 0 Å². The Morgan fingerprint density at radius 2 is 1.61 bits per heavy atom. The lowest BCUT2D eigenvalue weighted by atomic mass is 9.96. The van der Waals surface area contributed by atoms with Crippen molar-refractivity contribution in [2.75, 3.05) is 0 Å². The second kappa shape index (κ2) is 9.21. The number of thiocarbonyl (C=S) groups is 1. The number of pyridine rings is 2. The molecular formula is C30H27N5S. The summed E-state index contributed by atoms with van der Waals surface area (Å²) in [6.07, 6.45) is 3.68. The topological polar surface area (TPSA) is 46.0 Å². The van der Waals surface area contributed by atoms with Gasteiger partial charge in [0.1, 0.15) is 0 Å². The highest BCUT2D eigenvalue weighted by Gasteiger charge is 2.41. The average Bonchev–Trinajstić information content (AvgIpc) is 3.39. The molecule has 1 fully saturated rings. The van der Waals surface area contributed by atoms with Crippen LogP contribution in [0.4, 0.5) is 0 Å². The molecule has 0 spiro atoms. The van der Waals surface area contributed by atoms with Crippen LogP contribution in [-0.2, 0) is 6.54 Å². The Morgan fingerprint density at radius 1 is 0.861 bits per heavy atom. The lowest BCUT2D eigenvalue weighted by molar-refractivity contribution is 0.307. The second-order valence-electron chi connectivity index (χ2n) is 9.24. The summed E-state index contributed by atoms with van der Waals surface area (Å²) in [7, 11) is 0. The molecule has 2 atom stereocenters. The highest BCUT2D eigenvalue weighted by Crippen LogP contribution is 2.42. The molecule has 178 valence electrons. The van der Waals surface area contributed by atoms with E-state index in [1.165, 1.54) is 33.4 Å². The summed E-state index contributed by atoms with van der Waals surface area (Å²) in [5.74, 6) is 0. The number of nitrogens with zero attached hydrogens (tertiary/aromatic N) is 4. The van der Waals surface area contributed by atoms with Crippen molar-refractivity contribution in [2.24, 2.45) is 0 Å². The summed E-state index contributed by atoms with van der Waals surface area (Å²) >= 11 is 5.89. The van der Waals surface area contributed by atoms with Gasteiger partial charge < -0.3 is 14.8 Å². The zero-order valence-corrected chi connectivity index (χ0v) is 21.1. The predicted octanol–water partition coefficient (Wildman–Crippen LogP) is 6.21. The number of aryl methyl sites for hydroxylation is 1. The lowest BCUT2D eigenvalue weighted by Gasteiger charge is -2.28. The number of nitrogens with one attached hydrogen (secondary N) is 1. The van der Waals surface area contributed by atoms with E-state index in [9.17, 15) is 0 Å². The molecule has 5 nitrogen and oxygen atoms in total.